The van der Waals surface area contributed by atoms with E-state index in [1.54, 1.807) is 30.3 Å². The minimum Gasteiger partial charge on any atom is -0.478 e. The van der Waals surface area contributed by atoms with Gasteiger partial charge in [0.25, 0.3) is 0 Å². The van der Waals surface area contributed by atoms with Gasteiger partial charge in [-0.3, -0.25) is 0 Å². The minimum absolute atomic E-state index is 0.244. The number of carboxylic acids is 1. The van der Waals surface area contributed by atoms with Crippen molar-refractivity contribution in [3.8, 4) is 0 Å². The van der Waals surface area contributed by atoms with Crippen LogP contribution in [0.4, 0.5) is 0 Å². The number of rotatable bonds is 5. The Morgan fingerprint density at radius 1 is 1.00 bits per heavy atom. The van der Waals surface area contributed by atoms with Gasteiger partial charge in [-0.05, 0) is 23.3 Å². The Morgan fingerprint density at radius 3 is 2.26 bits per heavy atom. The number of carbonyl (C=O) groups is 1. The predicted molar refractivity (Wildman–Crippen MR) is 73.3 cm³/mol. The van der Waals surface area contributed by atoms with Crippen molar-refractivity contribution >= 4 is 17.6 Å². The number of hydrogen-bond acceptors (Lipinski definition) is 2. The molecule has 0 aliphatic heterocycles. The summed E-state index contributed by atoms with van der Waals surface area (Å²) in [5.41, 5.74) is 1.81. The van der Waals surface area contributed by atoms with Gasteiger partial charge in [0.2, 0.25) is 0 Å². The third-order valence-corrected chi connectivity index (χ3v) is 3.09. The minimum atomic E-state index is -0.947. The van der Waals surface area contributed by atoms with E-state index in [1.807, 2.05) is 18.2 Å². The number of benzene rings is 2. The Morgan fingerprint density at radius 2 is 1.58 bits per heavy atom. The summed E-state index contributed by atoms with van der Waals surface area (Å²) in [6, 6.07) is 14.2. The van der Waals surface area contributed by atoms with Crippen LogP contribution in [0.2, 0.25) is 5.02 Å². The molecule has 0 fully saturated rings. The highest BCUT2D eigenvalue weighted by atomic mass is 35.5. The first-order chi connectivity index (χ1) is 9.18. The highest BCUT2D eigenvalue weighted by molar-refractivity contribution is 6.31. The largest absolute Gasteiger partial charge is 0.478 e. The summed E-state index contributed by atoms with van der Waals surface area (Å²) in [4.78, 5) is 11.0. The first kappa shape index (κ1) is 13.6. The molecule has 0 saturated carbocycles. The predicted octanol–water partition coefficient (Wildman–Crippen LogP) is 3.76. The average Bonchev–Trinajstić information content (AvgIpc) is 2.41. The second-order valence-electron chi connectivity index (χ2n) is 4.05. The molecule has 0 aromatic heterocycles. The van der Waals surface area contributed by atoms with Crippen LogP contribution in [0.15, 0.2) is 48.5 Å². The standard InChI is InChI=1S/C15H13ClO3/c16-14-8-4-2-6-12(14)10-19-9-11-5-1-3-7-13(11)15(17)18/h1-8H,9-10H2,(H,17,18). The lowest BCUT2D eigenvalue weighted by Gasteiger charge is -2.08. The van der Waals surface area contributed by atoms with Crippen LogP contribution < -0.4 is 0 Å². The maximum atomic E-state index is 11.0. The summed E-state index contributed by atoms with van der Waals surface area (Å²) in [6.45, 7) is 0.599. The molecule has 19 heavy (non-hydrogen) atoms. The van der Waals surface area contributed by atoms with Gasteiger partial charge in [0.15, 0.2) is 0 Å². The molecule has 2 aromatic rings. The van der Waals surface area contributed by atoms with Gasteiger partial charge >= 0.3 is 5.97 Å². The summed E-state index contributed by atoms with van der Waals surface area (Å²) >= 11 is 6.01. The van der Waals surface area contributed by atoms with Crippen molar-refractivity contribution in [3.63, 3.8) is 0 Å². The lowest BCUT2D eigenvalue weighted by atomic mass is 10.1. The first-order valence-corrected chi connectivity index (χ1v) is 6.18. The molecule has 3 nitrogen and oxygen atoms in total. The van der Waals surface area contributed by atoms with E-state index < -0.39 is 5.97 Å². The zero-order valence-corrected chi connectivity index (χ0v) is 10.9. The van der Waals surface area contributed by atoms with Gasteiger partial charge in [0.1, 0.15) is 0 Å². The summed E-state index contributed by atoms with van der Waals surface area (Å²) in [5, 5.41) is 9.70. The molecule has 2 rings (SSSR count). The van der Waals surface area contributed by atoms with Gasteiger partial charge in [-0.2, -0.15) is 0 Å². The third-order valence-electron chi connectivity index (χ3n) is 2.72. The zero-order chi connectivity index (χ0) is 13.7. The van der Waals surface area contributed by atoms with E-state index in [0.29, 0.717) is 17.2 Å². The number of hydrogen-bond donors (Lipinski definition) is 1. The number of halogens is 1. The van der Waals surface area contributed by atoms with Crippen LogP contribution in [0.3, 0.4) is 0 Å². The van der Waals surface area contributed by atoms with Crippen molar-refractivity contribution in [2.45, 2.75) is 13.2 Å². The van der Waals surface area contributed by atoms with Crippen LogP contribution in [0.25, 0.3) is 0 Å². The van der Waals surface area contributed by atoms with Crippen molar-refractivity contribution in [1.82, 2.24) is 0 Å². The van der Waals surface area contributed by atoms with E-state index in [0.717, 1.165) is 5.56 Å². The SMILES string of the molecule is O=C(O)c1ccccc1COCc1ccccc1Cl. The van der Waals surface area contributed by atoms with Crippen molar-refractivity contribution in [2.75, 3.05) is 0 Å². The van der Waals surface area contributed by atoms with Crippen LogP contribution in [-0.2, 0) is 18.0 Å². The van der Waals surface area contributed by atoms with Crippen molar-refractivity contribution in [2.24, 2.45) is 0 Å². The van der Waals surface area contributed by atoms with Gasteiger partial charge in [-0.15, -0.1) is 0 Å². The van der Waals surface area contributed by atoms with Crippen LogP contribution in [0, 0.1) is 0 Å². The molecule has 0 atom stereocenters. The van der Waals surface area contributed by atoms with Crippen LogP contribution >= 0.6 is 11.6 Å². The Hall–Kier alpha value is -1.84. The molecule has 0 bridgehead atoms. The molecule has 98 valence electrons. The number of carboxylic acid groups (broad SMARTS) is 1. The highest BCUT2D eigenvalue weighted by Gasteiger charge is 2.09. The fourth-order valence-electron chi connectivity index (χ4n) is 1.74. The fourth-order valence-corrected chi connectivity index (χ4v) is 1.93. The normalized spacial score (nSPS) is 10.4. The van der Waals surface area contributed by atoms with E-state index in [1.165, 1.54) is 0 Å². The molecule has 0 aliphatic rings. The second kappa shape index (κ2) is 6.36. The summed E-state index contributed by atoms with van der Waals surface area (Å²) in [6.07, 6.45) is 0. The highest BCUT2D eigenvalue weighted by Crippen LogP contribution is 2.17. The monoisotopic (exact) mass is 276 g/mol. The van der Waals surface area contributed by atoms with E-state index in [2.05, 4.69) is 0 Å². The molecule has 0 amide bonds. The molecule has 0 aliphatic carbocycles. The van der Waals surface area contributed by atoms with E-state index in [9.17, 15) is 4.79 Å². The Balaban J connectivity index is 2.00. The van der Waals surface area contributed by atoms with Gasteiger partial charge in [-0.1, -0.05) is 48.0 Å². The molecule has 1 N–H and O–H groups in total. The van der Waals surface area contributed by atoms with Gasteiger partial charge in [-0.25, -0.2) is 4.79 Å². The lowest BCUT2D eigenvalue weighted by molar-refractivity contribution is 0.0684. The summed E-state index contributed by atoms with van der Waals surface area (Å²) in [7, 11) is 0. The third kappa shape index (κ3) is 3.56. The van der Waals surface area contributed by atoms with Crippen LogP contribution in [0.5, 0.6) is 0 Å². The second-order valence-corrected chi connectivity index (χ2v) is 4.45. The molecule has 2 aromatic carbocycles. The quantitative estimate of drug-likeness (QED) is 0.904. The van der Waals surface area contributed by atoms with Gasteiger partial charge in [0, 0.05) is 5.02 Å². The van der Waals surface area contributed by atoms with E-state index in [4.69, 9.17) is 21.4 Å². The topological polar surface area (TPSA) is 46.5 Å². The molecule has 0 heterocycles. The van der Waals surface area contributed by atoms with Crippen molar-refractivity contribution < 1.29 is 14.6 Å². The maximum Gasteiger partial charge on any atom is 0.336 e. The molecule has 0 radical (unpaired) electrons. The van der Waals surface area contributed by atoms with Crippen molar-refractivity contribution in [1.29, 1.82) is 0 Å². The Labute approximate surface area is 116 Å². The molecule has 4 heteroatoms. The molecule has 0 spiro atoms. The van der Waals surface area contributed by atoms with Gasteiger partial charge < -0.3 is 9.84 Å². The molecular weight excluding hydrogens is 264 g/mol. The Bertz CT molecular complexity index is 581. The Kier molecular flexibility index (Phi) is 4.55. The zero-order valence-electron chi connectivity index (χ0n) is 10.2. The van der Waals surface area contributed by atoms with Crippen molar-refractivity contribution in [3.05, 3.63) is 70.2 Å². The fraction of sp³-hybridized carbons (Fsp3) is 0.133. The van der Waals surface area contributed by atoms with Gasteiger partial charge in [0.05, 0.1) is 18.8 Å². The smallest absolute Gasteiger partial charge is 0.336 e. The number of ether oxygens (including phenoxy) is 1. The van der Waals surface area contributed by atoms with E-state index in [-0.39, 0.29) is 12.2 Å². The molecule has 0 unspecified atom stereocenters. The number of aromatic carboxylic acids is 1. The van der Waals surface area contributed by atoms with E-state index >= 15 is 0 Å². The van der Waals surface area contributed by atoms with Crippen LogP contribution in [-0.4, -0.2) is 11.1 Å². The first-order valence-electron chi connectivity index (χ1n) is 5.81. The molecular formula is C15H13ClO3. The maximum absolute atomic E-state index is 11.0. The van der Waals surface area contributed by atoms with Crippen LogP contribution in [0.1, 0.15) is 21.5 Å². The lowest BCUT2D eigenvalue weighted by Crippen LogP contribution is -2.04. The average molecular weight is 277 g/mol. The molecule has 0 saturated heterocycles. The summed E-state index contributed by atoms with van der Waals surface area (Å²) < 4.78 is 5.53. The summed E-state index contributed by atoms with van der Waals surface area (Å²) in [5.74, 6) is -0.947.